The summed E-state index contributed by atoms with van der Waals surface area (Å²) in [6.45, 7) is 2.96. The van der Waals surface area contributed by atoms with Gasteiger partial charge in [-0.25, -0.2) is 4.79 Å². The van der Waals surface area contributed by atoms with Crippen molar-refractivity contribution in [3.05, 3.63) is 20.1 Å². The minimum Gasteiger partial charge on any atom is -1.00 e. The monoisotopic (exact) mass is 348 g/mol. The molecule has 0 aromatic rings. The molecule has 0 saturated carbocycles. The third-order valence-corrected chi connectivity index (χ3v) is 0.175. The maximum absolute atomic E-state index is 9.25. The zero-order valence-electron chi connectivity index (χ0n) is 9.47. The van der Waals surface area contributed by atoms with Crippen LogP contribution in [0.4, 0.5) is 0 Å². The second-order valence-corrected chi connectivity index (χ2v) is 1.89. The van der Waals surface area contributed by atoms with Crippen LogP contribution in [0.3, 0.4) is 0 Å². The Morgan fingerprint density at radius 3 is 1.46 bits per heavy atom. The van der Waals surface area contributed by atoms with Gasteiger partial charge in [0, 0.05) is 6.08 Å². The Labute approximate surface area is 143 Å². The van der Waals surface area contributed by atoms with Gasteiger partial charge in [0.1, 0.15) is 0 Å². The Kier molecular flexibility index (Phi) is 36.3. The van der Waals surface area contributed by atoms with E-state index in [1.165, 1.54) is 0 Å². The Morgan fingerprint density at radius 2 is 1.46 bits per heavy atom. The molecule has 0 bridgehead atoms. The van der Waals surface area contributed by atoms with Crippen LogP contribution in [0.2, 0.25) is 0 Å². The normalized spacial score (nSPS) is 6.92. The Balaban J connectivity index is -0.0000000128. The van der Waals surface area contributed by atoms with Crippen LogP contribution in [0.1, 0.15) is 2.85 Å². The van der Waals surface area contributed by atoms with Gasteiger partial charge in [-0.15, -0.1) is 0 Å². The summed E-state index contributed by atoms with van der Waals surface area (Å²) in [7, 11) is -4.67. The van der Waals surface area contributed by atoms with E-state index in [-0.39, 0.29) is 88.7 Å². The zero-order chi connectivity index (χ0) is 8.78. The molecule has 0 radical (unpaired) electrons. The molecule has 0 aromatic carbocycles. The van der Waals surface area contributed by atoms with Crippen molar-refractivity contribution in [2.75, 3.05) is 0 Å². The molecule has 13 heavy (non-hydrogen) atoms. The predicted molar refractivity (Wildman–Crippen MR) is 46.4 cm³/mol. The standard InChI is InChI=1S/C3H4O2.CH3.Ba.Na.H2O4S.2H/c1-2-3(4)5;;;;1-5(2,3)4;;/h2H,1H2,(H,4,5);1H3;;;(H2,1,2,3,4);;/q;-1;+2;+1;;2*-1. The van der Waals surface area contributed by atoms with Gasteiger partial charge in [0.25, 0.3) is 0 Å². The smallest absolute Gasteiger partial charge is 1.00 e. The summed E-state index contributed by atoms with van der Waals surface area (Å²) in [5, 5.41) is 7.60. The van der Waals surface area contributed by atoms with Crippen molar-refractivity contribution in [1.29, 1.82) is 0 Å². The van der Waals surface area contributed by atoms with Crippen LogP contribution in [-0.4, -0.2) is 77.5 Å². The van der Waals surface area contributed by atoms with Crippen LogP contribution in [0, 0.1) is 7.43 Å². The summed E-state index contributed by atoms with van der Waals surface area (Å²) >= 11 is 0. The number of hydrogen-bond donors (Lipinski definition) is 3. The van der Waals surface area contributed by atoms with Crippen molar-refractivity contribution in [3.63, 3.8) is 0 Å². The van der Waals surface area contributed by atoms with E-state index in [1.54, 1.807) is 0 Å². The molecule has 0 spiro atoms. The summed E-state index contributed by atoms with van der Waals surface area (Å²) in [6.07, 6.45) is 0.833. The summed E-state index contributed by atoms with van der Waals surface area (Å²) in [5.74, 6) is -0.981. The van der Waals surface area contributed by atoms with Crippen molar-refractivity contribution < 1.29 is 59.8 Å². The maximum atomic E-state index is 9.25. The third kappa shape index (κ3) is 139. The van der Waals surface area contributed by atoms with E-state index in [4.69, 9.17) is 22.6 Å². The van der Waals surface area contributed by atoms with Crippen LogP contribution in [0.25, 0.3) is 0 Å². The SMILES string of the molecule is C=CC(=O)O.O=S(=O)(O)O.[Ba+2].[CH3-].[H-].[H-].[Na+]. The van der Waals surface area contributed by atoms with E-state index in [0.29, 0.717) is 0 Å². The van der Waals surface area contributed by atoms with Gasteiger partial charge >= 0.3 is 94.8 Å². The molecule has 0 aromatic heterocycles. The number of rotatable bonds is 1. The van der Waals surface area contributed by atoms with Crippen molar-refractivity contribution in [2.24, 2.45) is 0 Å². The summed E-state index contributed by atoms with van der Waals surface area (Å²) in [4.78, 5) is 9.25. The molecule has 0 fully saturated rings. The minimum absolute atomic E-state index is 0. The Morgan fingerprint density at radius 1 is 1.38 bits per heavy atom. The molecular weight excluding hydrogens is 336 g/mol. The second kappa shape index (κ2) is 16.1. The van der Waals surface area contributed by atoms with Crippen molar-refractivity contribution in [3.8, 4) is 0 Å². The van der Waals surface area contributed by atoms with Crippen LogP contribution in [0.5, 0.6) is 0 Å². The molecule has 0 amide bonds. The molecule has 0 aliphatic heterocycles. The van der Waals surface area contributed by atoms with E-state index in [2.05, 4.69) is 6.58 Å². The van der Waals surface area contributed by atoms with Crippen molar-refractivity contribution in [1.82, 2.24) is 0 Å². The topological polar surface area (TPSA) is 112 Å². The minimum atomic E-state index is -4.67. The number of carboxylic acids is 1. The van der Waals surface area contributed by atoms with Gasteiger partial charge in [-0.05, 0) is 0 Å². The van der Waals surface area contributed by atoms with Crippen LogP contribution in [-0.2, 0) is 15.2 Å². The predicted octanol–water partition coefficient (Wildman–Crippen LogP) is -3.10. The number of hydrogen-bond acceptors (Lipinski definition) is 3. The van der Waals surface area contributed by atoms with E-state index >= 15 is 0 Å². The first-order valence-electron chi connectivity index (χ1n) is 1.82. The molecule has 0 aliphatic carbocycles. The maximum Gasteiger partial charge on any atom is 2.00 e. The van der Waals surface area contributed by atoms with Gasteiger partial charge in [0.15, 0.2) is 0 Å². The van der Waals surface area contributed by atoms with Crippen molar-refractivity contribution in [2.45, 2.75) is 0 Å². The third-order valence-electron chi connectivity index (χ3n) is 0.175. The van der Waals surface area contributed by atoms with E-state index < -0.39 is 16.4 Å². The summed E-state index contributed by atoms with van der Waals surface area (Å²) in [5.41, 5.74) is 0. The number of carbonyl (C=O) groups is 1. The van der Waals surface area contributed by atoms with Gasteiger partial charge in [-0.3, -0.25) is 9.11 Å². The largest absolute Gasteiger partial charge is 2.00 e. The van der Waals surface area contributed by atoms with Gasteiger partial charge in [-0.2, -0.15) is 8.42 Å². The fraction of sp³-hybridized carbons (Fsp3) is 0. The molecule has 0 aliphatic rings. The molecule has 0 unspecified atom stereocenters. The number of aliphatic carboxylic acids is 1. The molecule has 72 valence electrons. The van der Waals surface area contributed by atoms with Crippen LogP contribution in [0.15, 0.2) is 12.7 Å². The zero-order valence-corrected chi connectivity index (χ0v) is 14.7. The molecule has 3 N–H and O–H groups in total. The molecule has 9 heteroatoms. The molecule has 0 rings (SSSR count). The second-order valence-electron chi connectivity index (χ2n) is 0.990. The first-order chi connectivity index (χ1) is 4.27. The van der Waals surface area contributed by atoms with Crippen LogP contribution < -0.4 is 29.6 Å². The van der Waals surface area contributed by atoms with E-state index in [0.717, 1.165) is 6.08 Å². The summed E-state index contributed by atoms with van der Waals surface area (Å²) in [6, 6.07) is 0. The molecule has 6 nitrogen and oxygen atoms in total. The Hall–Kier alpha value is 1.65. The molecule has 0 saturated heterocycles. The van der Waals surface area contributed by atoms with Crippen LogP contribution >= 0.6 is 0 Å². The van der Waals surface area contributed by atoms with Gasteiger partial charge < -0.3 is 15.4 Å². The van der Waals surface area contributed by atoms with E-state index in [9.17, 15) is 4.79 Å². The summed E-state index contributed by atoms with van der Waals surface area (Å²) < 4.78 is 31.6. The quantitative estimate of drug-likeness (QED) is 0.201. The van der Waals surface area contributed by atoms with Gasteiger partial charge in [0.2, 0.25) is 0 Å². The van der Waals surface area contributed by atoms with Gasteiger partial charge in [-0.1, -0.05) is 6.58 Å². The average molecular weight is 348 g/mol. The molecule has 0 atom stereocenters. The molecule has 0 heterocycles. The Bertz CT molecular complexity index is 213. The fourth-order valence-corrected chi connectivity index (χ4v) is 0. The van der Waals surface area contributed by atoms with E-state index in [1.807, 2.05) is 0 Å². The average Bonchev–Trinajstić information content (AvgIpc) is 1.61. The number of carboxylic acid groups (broad SMARTS) is 1. The first kappa shape index (κ1) is 29.3. The molecular formula is C4H11BaNaO6S. The first-order valence-corrected chi connectivity index (χ1v) is 3.22. The fourth-order valence-electron chi connectivity index (χ4n) is 0. The van der Waals surface area contributed by atoms with Gasteiger partial charge in [0.05, 0.1) is 0 Å². The van der Waals surface area contributed by atoms with Crippen molar-refractivity contribution >= 4 is 65.2 Å².